The van der Waals surface area contributed by atoms with Gasteiger partial charge in [-0.05, 0) is 27.6 Å². The van der Waals surface area contributed by atoms with Crippen molar-refractivity contribution in [3.8, 4) is 0 Å². The van der Waals surface area contributed by atoms with E-state index in [1.54, 1.807) is 12.4 Å². The minimum atomic E-state index is -0.693. The molecule has 0 fully saturated rings. The second kappa shape index (κ2) is 5.41. The Morgan fingerprint density at radius 1 is 1.39 bits per heavy atom. The second-order valence-electron chi connectivity index (χ2n) is 3.79. The fraction of sp³-hybridized carbons (Fsp3) is 0.250. The van der Waals surface area contributed by atoms with Crippen molar-refractivity contribution in [3.05, 3.63) is 34.6 Å². The molecule has 2 N–H and O–H groups in total. The smallest absolute Gasteiger partial charge is 0.322 e. The molecule has 0 saturated carbocycles. The molecule has 1 aromatic heterocycles. The van der Waals surface area contributed by atoms with E-state index in [1.807, 2.05) is 12.1 Å². The summed E-state index contributed by atoms with van der Waals surface area (Å²) < 4.78 is 5.47. The van der Waals surface area contributed by atoms with Gasteiger partial charge in [0.25, 0.3) is 0 Å². The van der Waals surface area contributed by atoms with E-state index >= 15 is 0 Å². The molecule has 94 valence electrons. The van der Waals surface area contributed by atoms with Crippen molar-refractivity contribution < 1.29 is 9.53 Å². The van der Waals surface area contributed by atoms with Crippen LogP contribution in [-0.2, 0) is 16.0 Å². The highest BCUT2D eigenvalue weighted by Crippen LogP contribution is 2.24. The quantitative estimate of drug-likeness (QED) is 0.868. The lowest BCUT2D eigenvalue weighted by Gasteiger charge is -2.11. The molecule has 0 aliphatic rings. The molecule has 0 aliphatic heterocycles. The van der Waals surface area contributed by atoms with E-state index < -0.39 is 12.0 Å². The number of methoxy groups -OCH3 is 1. The first kappa shape index (κ1) is 12.9. The van der Waals surface area contributed by atoms with E-state index in [1.165, 1.54) is 7.11 Å². The number of esters is 1. The Morgan fingerprint density at radius 2 is 2.06 bits per heavy atom. The number of nitrogens with zero attached hydrogens (tertiary/aromatic N) is 2. The van der Waals surface area contributed by atoms with Gasteiger partial charge < -0.3 is 10.5 Å². The first-order valence-electron chi connectivity index (χ1n) is 5.35. The number of carbonyl (C=O) groups is 1. The predicted octanol–water partition coefficient (Wildman–Crippen LogP) is 1.44. The lowest BCUT2D eigenvalue weighted by Crippen LogP contribution is -2.33. The van der Waals surface area contributed by atoms with Gasteiger partial charge in [-0.25, -0.2) is 0 Å². The maximum atomic E-state index is 11.3. The van der Waals surface area contributed by atoms with Gasteiger partial charge in [0.15, 0.2) is 0 Å². The highest BCUT2D eigenvalue weighted by Gasteiger charge is 2.17. The third kappa shape index (κ3) is 2.49. The summed E-state index contributed by atoms with van der Waals surface area (Å²) >= 11 is 3.41. The molecule has 2 rings (SSSR count). The zero-order chi connectivity index (χ0) is 13.1. The molecule has 0 amide bonds. The van der Waals surface area contributed by atoms with Gasteiger partial charge in [0.05, 0.1) is 12.6 Å². The summed E-state index contributed by atoms with van der Waals surface area (Å²) in [6, 6.07) is 3.06. The molecular weight excluding hydrogens is 298 g/mol. The SMILES string of the molecule is COC(=O)[C@@H](N)Cc1ccc(Br)c2nccnc12. The van der Waals surface area contributed by atoms with Gasteiger partial charge >= 0.3 is 5.97 Å². The highest BCUT2D eigenvalue weighted by molar-refractivity contribution is 9.10. The fourth-order valence-corrected chi connectivity index (χ4v) is 2.14. The Bertz CT molecular complexity index is 589. The van der Waals surface area contributed by atoms with Crippen LogP contribution in [0.3, 0.4) is 0 Å². The number of nitrogens with two attached hydrogens (primary N) is 1. The summed E-state index contributed by atoms with van der Waals surface area (Å²) in [5.74, 6) is -0.435. The summed E-state index contributed by atoms with van der Waals surface area (Å²) in [4.78, 5) is 19.9. The standard InChI is InChI=1S/C12H12BrN3O2/c1-18-12(17)9(14)6-7-2-3-8(13)11-10(7)15-4-5-16-11/h2-5,9H,6,14H2,1H3/t9-/m0/s1. The molecule has 0 aliphatic carbocycles. The average molecular weight is 310 g/mol. The number of benzene rings is 1. The first-order chi connectivity index (χ1) is 8.63. The predicted molar refractivity (Wildman–Crippen MR) is 70.9 cm³/mol. The monoisotopic (exact) mass is 309 g/mol. The van der Waals surface area contributed by atoms with Gasteiger partial charge in [0, 0.05) is 23.3 Å². The van der Waals surface area contributed by atoms with Crippen LogP contribution in [0.1, 0.15) is 5.56 Å². The molecule has 1 aromatic carbocycles. The number of ether oxygens (including phenoxy) is 1. The van der Waals surface area contributed by atoms with Crippen molar-refractivity contribution in [2.45, 2.75) is 12.5 Å². The normalized spacial score (nSPS) is 12.4. The molecule has 0 saturated heterocycles. The van der Waals surface area contributed by atoms with Crippen molar-refractivity contribution >= 4 is 32.9 Å². The Labute approximate surface area is 112 Å². The number of carbonyl (C=O) groups excluding carboxylic acids is 1. The van der Waals surface area contributed by atoms with Crippen LogP contribution < -0.4 is 5.73 Å². The molecule has 0 unspecified atom stereocenters. The summed E-state index contributed by atoms with van der Waals surface area (Å²) in [7, 11) is 1.32. The zero-order valence-corrected chi connectivity index (χ0v) is 11.3. The van der Waals surface area contributed by atoms with E-state index in [4.69, 9.17) is 5.73 Å². The number of hydrogen-bond donors (Lipinski definition) is 1. The molecule has 0 spiro atoms. The summed E-state index contributed by atoms with van der Waals surface area (Å²) in [6.07, 6.45) is 3.61. The molecule has 1 atom stereocenters. The summed E-state index contributed by atoms with van der Waals surface area (Å²) in [5.41, 5.74) is 8.13. The first-order valence-corrected chi connectivity index (χ1v) is 6.14. The van der Waals surface area contributed by atoms with Gasteiger partial charge in [-0.1, -0.05) is 6.07 Å². The number of rotatable bonds is 3. The second-order valence-corrected chi connectivity index (χ2v) is 4.65. The van der Waals surface area contributed by atoms with Gasteiger partial charge in [0.2, 0.25) is 0 Å². The maximum Gasteiger partial charge on any atom is 0.322 e. The van der Waals surface area contributed by atoms with Crippen molar-refractivity contribution in [1.29, 1.82) is 0 Å². The minimum Gasteiger partial charge on any atom is -0.468 e. The van der Waals surface area contributed by atoms with Crippen LogP contribution in [0.2, 0.25) is 0 Å². The van der Waals surface area contributed by atoms with Crippen molar-refractivity contribution in [2.24, 2.45) is 5.73 Å². The van der Waals surface area contributed by atoms with Crippen molar-refractivity contribution in [3.63, 3.8) is 0 Å². The van der Waals surface area contributed by atoms with Crippen LogP contribution in [-0.4, -0.2) is 29.1 Å². The van der Waals surface area contributed by atoms with Crippen LogP contribution in [0.5, 0.6) is 0 Å². The van der Waals surface area contributed by atoms with Crippen LogP contribution in [0.25, 0.3) is 11.0 Å². The Morgan fingerprint density at radius 3 is 2.72 bits per heavy atom. The van der Waals surface area contributed by atoms with E-state index in [2.05, 4.69) is 30.6 Å². The van der Waals surface area contributed by atoms with Crippen molar-refractivity contribution in [2.75, 3.05) is 7.11 Å². The van der Waals surface area contributed by atoms with Crippen LogP contribution >= 0.6 is 15.9 Å². The molecular formula is C12H12BrN3O2. The van der Waals surface area contributed by atoms with Gasteiger partial charge in [0.1, 0.15) is 11.6 Å². The fourth-order valence-electron chi connectivity index (χ4n) is 1.72. The number of aromatic nitrogens is 2. The lowest BCUT2D eigenvalue weighted by atomic mass is 10.0. The van der Waals surface area contributed by atoms with E-state index in [9.17, 15) is 4.79 Å². The third-order valence-corrected chi connectivity index (χ3v) is 3.24. The highest BCUT2D eigenvalue weighted by atomic mass is 79.9. The number of hydrogen-bond acceptors (Lipinski definition) is 5. The molecule has 0 bridgehead atoms. The molecule has 18 heavy (non-hydrogen) atoms. The Balaban J connectivity index is 2.40. The van der Waals surface area contributed by atoms with E-state index in [0.29, 0.717) is 6.42 Å². The topological polar surface area (TPSA) is 78.1 Å². The Kier molecular flexibility index (Phi) is 3.88. The minimum absolute atomic E-state index is 0.370. The number of fused-ring (bicyclic) bond motifs is 1. The van der Waals surface area contributed by atoms with Gasteiger partial charge in [-0.15, -0.1) is 0 Å². The van der Waals surface area contributed by atoms with E-state index in [0.717, 1.165) is 21.1 Å². The third-order valence-electron chi connectivity index (χ3n) is 2.60. The van der Waals surface area contributed by atoms with Gasteiger partial charge in [-0.3, -0.25) is 14.8 Å². The van der Waals surface area contributed by atoms with Crippen molar-refractivity contribution in [1.82, 2.24) is 9.97 Å². The number of halogens is 1. The van der Waals surface area contributed by atoms with E-state index in [-0.39, 0.29) is 0 Å². The van der Waals surface area contributed by atoms with Crippen LogP contribution in [0, 0.1) is 0 Å². The Hall–Kier alpha value is -1.53. The lowest BCUT2D eigenvalue weighted by molar-refractivity contribution is -0.142. The maximum absolute atomic E-state index is 11.3. The van der Waals surface area contributed by atoms with Crippen LogP contribution in [0.4, 0.5) is 0 Å². The van der Waals surface area contributed by atoms with Gasteiger partial charge in [-0.2, -0.15) is 0 Å². The molecule has 1 heterocycles. The molecule has 0 radical (unpaired) electrons. The average Bonchev–Trinajstić information content (AvgIpc) is 2.41. The summed E-state index contributed by atoms with van der Waals surface area (Å²) in [6.45, 7) is 0. The molecule has 6 heteroatoms. The van der Waals surface area contributed by atoms with Crippen LogP contribution in [0.15, 0.2) is 29.0 Å². The zero-order valence-electron chi connectivity index (χ0n) is 9.76. The summed E-state index contributed by atoms with van der Waals surface area (Å²) in [5, 5.41) is 0. The largest absolute Gasteiger partial charge is 0.468 e. The molecule has 5 nitrogen and oxygen atoms in total. The molecule has 2 aromatic rings.